The summed E-state index contributed by atoms with van der Waals surface area (Å²) in [5.74, 6) is -0.0926. The molecule has 2 saturated heterocycles. The van der Waals surface area contributed by atoms with E-state index in [4.69, 9.17) is 0 Å². The van der Waals surface area contributed by atoms with Crippen LogP contribution in [0, 0.1) is 0 Å². The van der Waals surface area contributed by atoms with Gasteiger partial charge in [0.15, 0.2) is 0 Å². The van der Waals surface area contributed by atoms with Crippen LogP contribution in [-0.2, 0) is 4.79 Å². The first-order valence-corrected chi connectivity index (χ1v) is 7.79. The Morgan fingerprint density at radius 1 is 1.05 bits per heavy atom. The number of carbonyl (C=O) groups excluding carboxylic acids is 2. The highest BCUT2D eigenvalue weighted by molar-refractivity contribution is 9.10. The number of carbonyl (C=O) groups is 2. The molecule has 0 unspecified atom stereocenters. The van der Waals surface area contributed by atoms with Crippen molar-refractivity contribution < 1.29 is 9.59 Å². The second-order valence-electron chi connectivity index (χ2n) is 5.42. The molecule has 0 bridgehead atoms. The van der Waals surface area contributed by atoms with Gasteiger partial charge in [-0.25, -0.2) is 9.69 Å². The fraction of sp³-hybridized carbons (Fsp3) is 0.250. The molecule has 2 fully saturated rings. The molecule has 2 aliphatic heterocycles. The highest BCUT2D eigenvalue weighted by atomic mass is 79.9. The van der Waals surface area contributed by atoms with E-state index >= 15 is 0 Å². The third-order valence-corrected chi connectivity index (χ3v) is 4.98. The van der Waals surface area contributed by atoms with Crippen molar-refractivity contribution in [2.24, 2.45) is 0 Å². The topological polar surface area (TPSA) is 40.6 Å². The van der Waals surface area contributed by atoms with Crippen molar-refractivity contribution in [3.63, 3.8) is 0 Å². The summed E-state index contributed by atoms with van der Waals surface area (Å²) in [4.78, 5) is 28.2. The predicted octanol–water partition coefficient (Wildman–Crippen LogP) is 3.53. The minimum atomic E-state index is -0.264. The van der Waals surface area contributed by atoms with E-state index in [1.165, 1.54) is 4.90 Å². The molecule has 0 radical (unpaired) electrons. The summed E-state index contributed by atoms with van der Waals surface area (Å²) in [6, 6.07) is 11.1. The lowest BCUT2D eigenvalue weighted by Crippen LogP contribution is -2.33. The van der Waals surface area contributed by atoms with Crippen LogP contribution in [0.2, 0.25) is 0 Å². The lowest BCUT2D eigenvalue weighted by molar-refractivity contribution is -0.119. The average Bonchev–Trinajstić information content (AvgIpc) is 3.06. The molecule has 21 heavy (non-hydrogen) atoms. The quantitative estimate of drug-likeness (QED) is 0.742. The number of urea groups is 1. The summed E-state index contributed by atoms with van der Waals surface area (Å²) in [6.45, 7) is 0.681. The number of benzene rings is 2. The van der Waals surface area contributed by atoms with Gasteiger partial charge < -0.3 is 4.90 Å². The Morgan fingerprint density at radius 3 is 2.57 bits per heavy atom. The summed E-state index contributed by atoms with van der Waals surface area (Å²) < 4.78 is 0.960. The van der Waals surface area contributed by atoms with Gasteiger partial charge >= 0.3 is 6.03 Å². The van der Waals surface area contributed by atoms with E-state index in [0.717, 1.165) is 28.1 Å². The number of anilines is 1. The van der Waals surface area contributed by atoms with Crippen molar-refractivity contribution in [1.82, 2.24) is 4.90 Å². The second-order valence-corrected chi connectivity index (χ2v) is 6.27. The van der Waals surface area contributed by atoms with Gasteiger partial charge in [0.1, 0.15) is 6.04 Å². The molecule has 3 amide bonds. The molecule has 2 heterocycles. The van der Waals surface area contributed by atoms with Gasteiger partial charge in [-0.2, -0.15) is 0 Å². The molecule has 0 saturated carbocycles. The number of imide groups is 1. The highest BCUT2D eigenvalue weighted by Crippen LogP contribution is 2.37. The number of amides is 3. The molecule has 0 N–H and O–H groups in total. The number of fused-ring (bicyclic) bond motifs is 2. The van der Waals surface area contributed by atoms with Gasteiger partial charge in [0, 0.05) is 16.4 Å². The van der Waals surface area contributed by atoms with E-state index in [1.807, 2.05) is 36.4 Å². The highest BCUT2D eigenvalue weighted by Gasteiger charge is 2.48. The van der Waals surface area contributed by atoms with E-state index < -0.39 is 0 Å². The van der Waals surface area contributed by atoms with E-state index in [9.17, 15) is 9.59 Å². The van der Waals surface area contributed by atoms with Crippen molar-refractivity contribution in [3.05, 3.63) is 40.9 Å². The van der Waals surface area contributed by atoms with E-state index in [2.05, 4.69) is 15.9 Å². The maximum absolute atomic E-state index is 12.6. The molecule has 1 atom stereocenters. The molecule has 0 aromatic heterocycles. The maximum atomic E-state index is 12.6. The Kier molecular flexibility index (Phi) is 2.79. The number of halogens is 1. The first-order valence-electron chi connectivity index (χ1n) is 7.00. The molecule has 5 heteroatoms. The third kappa shape index (κ3) is 1.73. The molecule has 0 aliphatic carbocycles. The smallest absolute Gasteiger partial charge is 0.312 e. The summed E-state index contributed by atoms with van der Waals surface area (Å²) in [7, 11) is 0. The number of rotatable bonds is 1. The first-order chi connectivity index (χ1) is 10.2. The third-order valence-electron chi connectivity index (χ3n) is 4.28. The van der Waals surface area contributed by atoms with E-state index in [-0.39, 0.29) is 18.0 Å². The Morgan fingerprint density at radius 2 is 1.81 bits per heavy atom. The Labute approximate surface area is 130 Å². The van der Waals surface area contributed by atoms with Crippen molar-refractivity contribution >= 4 is 44.3 Å². The zero-order valence-corrected chi connectivity index (χ0v) is 12.8. The minimum Gasteiger partial charge on any atom is -0.312 e. The molecular weight excluding hydrogens is 332 g/mol. The average molecular weight is 345 g/mol. The molecule has 2 aromatic rings. The zero-order chi connectivity index (χ0) is 14.6. The Bertz CT molecular complexity index is 752. The Balaban J connectivity index is 1.90. The van der Waals surface area contributed by atoms with Crippen LogP contribution in [0.5, 0.6) is 0 Å². The predicted molar refractivity (Wildman–Crippen MR) is 84.3 cm³/mol. The van der Waals surface area contributed by atoms with Gasteiger partial charge in [0.25, 0.3) is 5.91 Å². The van der Waals surface area contributed by atoms with Gasteiger partial charge in [-0.1, -0.05) is 40.2 Å². The largest absolute Gasteiger partial charge is 0.332 e. The molecular formula is C16H13BrN2O2. The van der Waals surface area contributed by atoms with Crippen LogP contribution in [0.1, 0.15) is 12.8 Å². The fourth-order valence-electron chi connectivity index (χ4n) is 3.29. The van der Waals surface area contributed by atoms with Crippen LogP contribution in [0.25, 0.3) is 10.8 Å². The van der Waals surface area contributed by atoms with Crippen LogP contribution in [0.4, 0.5) is 10.5 Å². The summed E-state index contributed by atoms with van der Waals surface area (Å²) >= 11 is 3.52. The standard InChI is InChI=1S/C16H13BrN2O2/c17-12-7-8-13(11-5-2-1-4-10(11)12)19-15(20)14-6-3-9-18(14)16(19)21/h1-2,4-5,7-8,14H,3,6,9H2/t14-/m1/s1. The lowest BCUT2D eigenvalue weighted by Gasteiger charge is -2.18. The van der Waals surface area contributed by atoms with Crippen molar-refractivity contribution in [2.75, 3.05) is 11.4 Å². The monoisotopic (exact) mass is 344 g/mol. The fourth-order valence-corrected chi connectivity index (χ4v) is 3.77. The van der Waals surface area contributed by atoms with Gasteiger partial charge in [-0.3, -0.25) is 4.79 Å². The number of hydrogen-bond donors (Lipinski definition) is 0. The van der Waals surface area contributed by atoms with Gasteiger partial charge in [0.05, 0.1) is 5.69 Å². The molecule has 106 valence electrons. The molecule has 2 aliphatic rings. The summed E-state index contributed by atoms with van der Waals surface area (Å²) in [6.07, 6.45) is 1.69. The van der Waals surface area contributed by atoms with Crippen molar-refractivity contribution in [1.29, 1.82) is 0 Å². The summed E-state index contributed by atoms with van der Waals surface area (Å²) in [5.41, 5.74) is 0.679. The van der Waals surface area contributed by atoms with E-state index in [1.54, 1.807) is 4.90 Å². The molecule has 0 spiro atoms. The molecule has 4 nitrogen and oxygen atoms in total. The normalized spacial score (nSPS) is 21.5. The van der Waals surface area contributed by atoms with Gasteiger partial charge in [-0.05, 0) is 30.4 Å². The van der Waals surface area contributed by atoms with Crippen LogP contribution in [-0.4, -0.2) is 29.4 Å². The minimum absolute atomic E-state index is 0.0926. The van der Waals surface area contributed by atoms with Crippen molar-refractivity contribution in [3.8, 4) is 0 Å². The zero-order valence-electron chi connectivity index (χ0n) is 11.3. The molecule has 4 rings (SSSR count). The van der Waals surface area contributed by atoms with Crippen molar-refractivity contribution in [2.45, 2.75) is 18.9 Å². The SMILES string of the molecule is O=C1[C@H]2CCCN2C(=O)N1c1ccc(Br)c2ccccc12. The summed E-state index contributed by atoms with van der Waals surface area (Å²) in [5, 5.41) is 1.91. The van der Waals surface area contributed by atoms with E-state index in [0.29, 0.717) is 12.2 Å². The molecule has 2 aromatic carbocycles. The first kappa shape index (κ1) is 12.8. The maximum Gasteiger partial charge on any atom is 0.332 e. The van der Waals surface area contributed by atoms with Crippen LogP contribution in [0.3, 0.4) is 0 Å². The van der Waals surface area contributed by atoms with Crippen LogP contribution in [0.15, 0.2) is 40.9 Å². The lowest BCUT2D eigenvalue weighted by atomic mass is 10.1. The number of hydrogen-bond acceptors (Lipinski definition) is 2. The van der Waals surface area contributed by atoms with Crippen LogP contribution >= 0.6 is 15.9 Å². The van der Waals surface area contributed by atoms with Crippen LogP contribution < -0.4 is 4.90 Å². The van der Waals surface area contributed by atoms with Gasteiger partial charge in [-0.15, -0.1) is 0 Å². The Hall–Kier alpha value is -1.88. The van der Waals surface area contributed by atoms with Gasteiger partial charge in [0.2, 0.25) is 0 Å². The second kappa shape index (κ2) is 4.56. The number of nitrogens with zero attached hydrogens (tertiary/aromatic N) is 2.